The highest BCUT2D eigenvalue weighted by molar-refractivity contribution is 7.13. The summed E-state index contributed by atoms with van der Waals surface area (Å²) in [5.74, 6) is 0.807. The molecule has 150 valence electrons. The van der Waals surface area contributed by atoms with Crippen molar-refractivity contribution < 1.29 is 9.53 Å². The Morgan fingerprint density at radius 1 is 1.33 bits per heavy atom. The number of hydrogen-bond donors (Lipinski definition) is 2. The van der Waals surface area contributed by atoms with E-state index < -0.39 is 0 Å². The highest BCUT2D eigenvalue weighted by Crippen LogP contribution is 2.24. The topological polar surface area (TPSA) is 82.1 Å². The molecule has 3 rings (SSSR count). The van der Waals surface area contributed by atoms with Gasteiger partial charge in [0.25, 0.3) is 0 Å². The van der Waals surface area contributed by atoms with Crippen LogP contribution in [0.4, 0.5) is 9.93 Å². The molecule has 1 aromatic heterocycles. The van der Waals surface area contributed by atoms with Gasteiger partial charge in [-0.3, -0.25) is 4.99 Å². The van der Waals surface area contributed by atoms with E-state index in [2.05, 4.69) is 25.9 Å². The van der Waals surface area contributed by atoms with Crippen molar-refractivity contribution in [3.63, 3.8) is 0 Å². The third kappa shape index (κ3) is 5.47. The molecule has 2 aliphatic rings. The fourth-order valence-corrected chi connectivity index (χ4v) is 4.41. The highest BCUT2D eigenvalue weighted by atomic mass is 32.1. The second-order valence-electron chi connectivity index (χ2n) is 6.94. The summed E-state index contributed by atoms with van der Waals surface area (Å²) in [7, 11) is 3.21. The fraction of sp³-hybridized carbons (Fsp3) is 0.722. The normalized spacial score (nSPS) is 18.7. The molecule has 0 bridgehead atoms. The summed E-state index contributed by atoms with van der Waals surface area (Å²) in [6.07, 6.45) is 4.97. The number of rotatable bonds is 5. The third-order valence-corrected chi connectivity index (χ3v) is 6.03. The fourth-order valence-electron chi connectivity index (χ4n) is 3.50. The molecule has 2 aliphatic heterocycles. The molecule has 2 fully saturated rings. The van der Waals surface area contributed by atoms with Gasteiger partial charge in [0.1, 0.15) is 0 Å². The lowest BCUT2D eigenvalue weighted by Crippen LogP contribution is -2.50. The summed E-state index contributed by atoms with van der Waals surface area (Å²) in [5.41, 5.74) is 1.14. The maximum absolute atomic E-state index is 11.6. The molecule has 0 radical (unpaired) electrons. The summed E-state index contributed by atoms with van der Waals surface area (Å²) in [6.45, 7) is 4.48. The van der Waals surface area contributed by atoms with Crippen LogP contribution in [0.5, 0.6) is 0 Å². The number of carbonyl (C=O) groups is 1. The molecule has 9 heteroatoms. The monoisotopic (exact) mass is 394 g/mol. The highest BCUT2D eigenvalue weighted by Gasteiger charge is 2.23. The zero-order chi connectivity index (χ0) is 19.1. The number of anilines is 1. The van der Waals surface area contributed by atoms with E-state index in [1.165, 1.54) is 20.0 Å². The zero-order valence-corrected chi connectivity index (χ0v) is 17.1. The Labute approximate surface area is 165 Å². The quantitative estimate of drug-likeness (QED) is 0.584. The number of nitrogens with zero attached hydrogens (tertiary/aromatic N) is 4. The Bertz CT molecular complexity index is 636. The number of thiazole rings is 1. The van der Waals surface area contributed by atoms with Crippen molar-refractivity contribution in [3.8, 4) is 0 Å². The number of ether oxygens (including phenoxy) is 1. The van der Waals surface area contributed by atoms with Gasteiger partial charge in [-0.25, -0.2) is 9.78 Å². The van der Waals surface area contributed by atoms with Crippen molar-refractivity contribution in [3.05, 3.63) is 11.1 Å². The largest absolute Gasteiger partial charge is 0.453 e. The van der Waals surface area contributed by atoms with Crippen LogP contribution in [0.3, 0.4) is 0 Å². The molecular formula is C18H30N6O2S. The Balaban J connectivity index is 1.38. The van der Waals surface area contributed by atoms with Crippen molar-refractivity contribution in [2.75, 3.05) is 51.8 Å². The molecule has 0 aromatic carbocycles. The van der Waals surface area contributed by atoms with Gasteiger partial charge in [0, 0.05) is 57.6 Å². The minimum atomic E-state index is -0.243. The molecule has 0 unspecified atom stereocenters. The van der Waals surface area contributed by atoms with Crippen LogP contribution in [0.1, 0.15) is 31.4 Å². The van der Waals surface area contributed by atoms with Gasteiger partial charge < -0.3 is 25.2 Å². The van der Waals surface area contributed by atoms with Crippen molar-refractivity contribution in [1.29, 1.82) is 0 Å². The molecule has 1 aromatic rings. The van der Waals surface area contributed by atoms with Gasteiger partial charge in [-0.05, 0) is 25.7 Å². The van der Waals surface area contributed by atoms with Gasteiger partial charge in [-0.15, -0.1) is 11.3 Å². The smallest absolute Gasteiger partial charge is 0.409 e. The lowest BCUT2D eigenvalue weighted by Gasteiger charge is -2.32. The number of guanidine groups is 1. The average molecular weight is 395 g/mol. The van der Waals surface area contributed by atoms with Crippen molar-refractivity contribution in [2.24, 2.45) is 4.99 Å². The van der Waals surface area contributed by atoms with E-state index in [9.17, 15) is 4.79 Å². The molecule has 8 nitrogen and oxygen atoms in total. The molecule has 0 spiro atoms. The number of carbonyl (C=O) groups excluding carboxylic acids is 1. The second kappa shape index (κ2) is 9.77. The van der Waals surface area contributed by atoms with Gasteiger partial charge in [0.05, 0.1) is 12.8 Å². The zero-order valence-electron chi connectivity index (χ0n) is 16.2. The van der Waals surface area contributed by atoms with Gasteiger partial charge in [-0.1, -0.05) is 0 Å². The number of nitrogens with one attached hydrogen (secondary N) is 2. The molecule has 2 saturated heterocycles. The van der Waals surface area contributed by atoms with Crippen LogP contribution in [0.25, 0.3) is 0 Å². The van der Waals surface area contributed by atoms with E-state index in [0.717, 1.165) is 55.7 Å². The third-order valence-electron chi connectivity index (χ3n) is 5.08. The summed E-state index contributed by atoms with van der Waals surface area (Å²) in [4.78, 5) is 24.7. The lowest BCUT2D eigenvalue weighted by molar-refractivity contribution is 0.111. The molecule has 2 N–H and O–H groups in total. The molecule has 0 atom stereocenters. The number of aliphatic imine (C=N–C) groups is 1. The number of hydrogen-bond acceptors (Lipinski definition) is 6. The Hall–Kier alpha value is -2.03. The van der Waals surface area contributed by atoms with Crippen LogP contribution >= 0.6 is 11.3 Å². The molecular weight excluding hydrogens is 364 g/mol. The van der Waals surface area contributed by atoms with E-state index in [1.54, 1.807) is 23.3 Å². The van der Waals surface area contributed by atoms with Crippen molar-refractivity contribution >= 4 is 28.5 Å². The van der Waals surface area contributed by atoms with E-state index in [1.807, 2.05) is 0 Å². The number of amides is 1. The summed E-state index contributed by atoms with van der Waals surface area (Å²) in [6, 6.07) is 0.318. The Kier molecular flexibility index (Phi) is 7.14. The predicted molar refractivity (Wildman–Crippen MR) is 109 cm³/mol. The van der Waals surface area contributed by atoms with Gasteiger partial charge in [-0.2, -0.15) is 0 Å². The first-order valence-corrected chi connectivity index (χ1v) is 10.6. The Morgan fingerprint density at radius 2 is 2.07 bits per heavy atom. The van der Waals surface area contributed by atoms with Crippen LogP contribution in [0, 0.1) is 0 Å². The summed E-state index contributed by atoms with van der Waals surface area (Å²) < 4.78 is 4.78. The van der Waals surface area contributed by atoms with Crippen LogP contribution < -0.4 is 15.5 Å². The second-order valence-corrected chi connectivity index (χ2v) is 7.78. The van der Waals surface area contributed by atoms with Crippen molar-refractivity contribution in [1.82, 2.24) is 20.5 Å². The van der Waals surface area contributed by atoms with Crippen LogP contribution in [0.15, 0.2) is 10.4 Å². The van der Waals surface area contributed by atoms with E-state index in [0.29, 0.717) is 19.1 Å². The first-order chi connectivity index (χ1) is 13.2. The van der Waals surface area contributed by atoms with Crippen LogP contribution in [-0.2, 0) is 11.2 Å². The maximum atomic E-state index is 11.6. The van der Waals surface area contributed by atoms with Crippen LogP contribution in [0.2, 0.25) is 0 Å². The minimum Gasteiger partial charge on any atom is -0.453 e. The first-order valence-electron chi connectivity index (χ1n) is 9.69. The van der Waals surface area contributed by atoms with Gasteiger partial charge >= 0.3 is 6.09 Å². The molecule has 1 amide bonds. The number of methoxy groups -OCH3 is 1. The van der Waals surface area contributed by atoms with E-state index in [4.69, 9.17) is 9.72 Å². The maximum Gasteiger partial charge on any atom is 0.409 e. The lowest BCUT2D eigenvalue weighted by atomic mass is 10.1. The van der Waals surface area contributed by atoms with Gasteiger partial charge in [0.2, 0.25) is 0 Å². The number of aromatic nitrogens is 1. The molecule has 0 aliphatic carbocycles. The molecule has 0 saturated carbocycles. The molecule has 3 heterocycles. The van der Waals surface area contributed by atoms with E-state index >= 15 is 0 Å². The van der Waals surface area contributed by atoms with Crippen LogP contribution in [-0.4, -0.2) is 74.9 Å². The predicted octanol–water partition coefficient (Wildman–Crippen LogP) is 1.68. The SMILES string of the molecule is CN=C(NCCc1csc(N2CCCC2)n1)NC1CCN(C(=O)OC)CC1. The first kappa shape index (κ1) is 19.7. The molecule has 27 heavy (non-hydrogen) atoms. The number of piperidine rings is 1. The summed E-state index contributed by atoms with van der Waals surface area (Å²) >= 11 is 1.74. The average Bonchev–Trinajstić information content (AvgIpc) is 3.39. The number of likely N-dealkylation sites (tertiary alicyclic amines) is 1. The van der Waals surface area contributed by atoms with Crippen molar-refractivity contribution in [2.45, 2.75) is 38.1 Å². The summed E-state index contributed by atoms with van der Waals surface area (Å²) in [5, 5.41) is 10.1. The minimum absolute atomic E-state index is 0.243. The Morgan fingerprint density at radius 3 is 2.74 bits per heavy atom. The van der Waals surface area contributed by atoms with Gasteiger partial charge in [0.15, 0.2) is 11.1 Å². The van der Waals surface area contributed by atoms with E-state index in [-0.39, 0.29) is 6.09 Å². The standard InChI is InChI=1S/C18H30N6O2S/c1-19-16(21-14-6-11-24(12-7-14)18(25)26-2)20-8-5-15-13-27-17(22-15)23-9-3-4-10-23/h13-14H,3-12H2,1-2H3,(H2,19,20,21).